The Bertz CT molecular complexity index is 345. The first-order valence-corrected chi connectivity index (χ1v) is 5.31. The van der Waals surface area contributed by atoms with Crippen molar-refractivity contribution in [3.63, 3.8) is 0 Å². The van der Waals surface area contributed by atoms with Crippen LogP contribution in [0.2, 0.25) is 0 Å². The molecule has 0 aromatic heterocycles. The summed E-state index contributed by atoms with van der Waals surface area (Å²) in [4.78, 5) is 13.4. The fourth-order valence-corrected chi connectivity index (χ4v) is 1.86. The number of hydrogen-bond donors (Lipinski definition) is 1. The predicted octanol–water partition coefficient (Wildman–Crippen LogP) is 1.70. The minimum Gasteiger partial charge on any atom is -0.392 e. The van der Waals surface area contributed by atoms with Gasteiger partial charge in [-0.2, -0.15) is 0 Å². The van der Waals surface area contributed by atoms with Crippen LogP contribution in [0.1, 0.15) is 24.8 Å². The van der Waals surface area contributed by atoms with Gasteiger partial charge in [0.25, 0.3) is 0 Å². The Morgan fingerprint density at radius 2 is 1.93 bits per heavy atom. The number of rotatable bonds is 2. The van der Waals surface area contributed by atoms with E-state index in [9.17, 15) is 4.79 Å². The van der Waals surface area contributed by atoms with E-state index < -0.39 is 0 Å². The van der Waals surface area contributed by atoms with Gasteiger partial charge in [0.2, 0.25) is 5.91 Å². The maximum Gasteiger partial charge on any atom is 0.226 e. The zero-order valence-corrected chi connectivity index (χ0v) is 8.65. The number of hydrogen-bond acceptors (Lipinski definition) is 2. The normalized spacial score (nSPS) is 16.9. The molecule has 0 saturated carbocycles. The van der Waals surface area contributed by atoms with E-state index in [4.69, 9.17) is 5.11 Å². The van der Waals surface area contributed by atoms with Crippen LogP contribution in [0.4, 0.5) is 5.69 Å². The summed E-state index contributed by atoms with van der Waals surface area (Å²) < 4.78 is 0. The van der Waals surface area contributed by atoms with Gasteiger partial charge in [-0.3, -0.25) is 4.79 Å². The smallest absolute Gasteiger partial charge is 0.226 e. The lowest BCUT2D eigenvalue weighted by molar-refractivity contribution is -0.119. The third-order valence-corrected chi connectivity index (χ3v) is 2.75. The Morgan fingerprint density at radius 3 is 2.53 bits per heavy atom. The van der Waals surface area contributed by atoms with Crippen molar-refractivity contribution in [1.29, 1.82) is 0 Å². The molecular formula is C12H15NO2. The number of anilines is 1. The molecule has 1 amide bonds. The lowest BCUT2D eigenvalue weighted by Gasteiger charge is -2.26. The Hall–Kier alpha value is -1.35. The molecule has 1 aliphatic heterocycles. The summed E-state index contributed by atoms with van der Waals surface area (Å²) in [7, 11) is 0. The summed E-state index contributed by atoms with van der Waals surface area (Å²) in [5.74, 6) is 0.206. The summed E-state index contributed by atoms with van der Waals surface area (Å²) in [6, 6.07) is 7.51. The summed E-state index contributed by atoms with van der Waals surface area (Å²) in [6.07, 6.45) is 2.74. The van der Waals surface area contributed by atoms with E-state index in [1.165, 1.54) is 0 Å². The average Bonchev–Trinajstić information content (AvgIpc) is 2.30. The van der Waals surface area contributed by atoms with Gasteiger partial charge in [-0.05, 0) is 30.5 Å². The van der Waals surface area contributed by atoms with E-state index in [-0.39, 0.29) is 12.5 Å². The van der Waals surface area contributed by atoms with Gasteiger partial charge < -0.3 is 10.0 Å². The van der Waals surface area contributed by atoms with E-state index in [1.807, 2.05) is 29.2 Å². The molecule has 0 atom stereocenters. The van der Waals surface area contributed by atoms with Crippen LogP contribution in [0.25, 0.3) is 0 Å². The first-order valence-electron chi connectivity index (χ1n) is 5.31. The fourth-order valence-electron chi connectivity index (χ4n) is 1.86. The van der Waals surface area contributed by atoms with Gasteiger partial charge >= 0.3 is 0 Å². The van der Waals surface area contributed by atoms with Gasteiger partial charge in [0.1, 0.15) is 0 Å². The Balaban J connectivity index is 2.17. The number of aliphatic hydroxyl groups excluding tert-OH is 1. The summed E-state index contributed by atoms with van der Waals surface area (Å²) in [5, 5.41) is 8.91. The Kier molecular flexibility index (Phi) is 3.02. The van der Waals surface area contributed by atoms with E-state index >= 15 is 0 Å². The predicted molar refractivity (Wildman–Crippen MR) is 58.6 cm³/mol. The molecular weight excluding hydrogens is 190 g/mol. The van der Waals surface area contributed by atoms with Crippen molar-refractivity contribution in [2.75, 3.05) is 11.4 Å². The number of benzene rings is 1. The van der Waals surface area contributed by atoms with E-state index in [0.717, 1.165) is 30.6 Å². The van der Waals surface area contributed by atoms with Crippen LogP contribution >= 0.6 is 0 Å². The number of carbonyl (C=O) groups is 1. The molecule has 0 unspecified atom stereocenters. The zero-order valence-electron chi connectivity index (χ0n) is 8.65. The van der Waals surface area contributed by atoms with Crippen LogP contribution < -0.4 is 4.90 Å². The third-order valence-electron chi connectivity index (χ3n) is 2.75. The lowest BCUT2D eigenvalue weighted by atomic mass is 10.1. The molecule has 1 aliphatic rings. The number of aliphatic hydroxyl groups is 1. The first-order chi connectivity index (χ1) is 7.31. The van der Waals surface area contributed by atoms with Crippen molar-refractivity contribution in [1.82, 2.24) is 0 Å². The second kappa shape index (κ2) is 4.45. The molecule has 2 rings (SSSR count). The van der Waals surface area contributed by atoms with Crippen LogP contribution in [0, 0.1) is 0 Å². The number of carbonyl (C=O) groups excluding carboxylic acids is 1. The highest BCUT2D eigenvalue weighted by molar-refractivity contribution is 5.93. The molecule has 1 N–H and O–H groups in total. The molecule has 3 nitrogen and oxygen atoms in total. The second-order valence-corrected chi connectivity index (χ2v) is 3.83. The molecule has 15 heavy (non-hydrogen) atoms. The Labute approximate surface area is 89.3 Å². The zero-order chi connectivity index (χ0) is 10.7. The average molecular weight is 205 g/mol. The quantitative estimate of drug-likeness (QED) is 0.798. The molecule has 1 aromatic rings. The second-order valence-electron chi connectivity index (χ2n) is 3.83. The van der Waals surface area contributed by atoms with Crippen LogP contribution in [-0.2, 0) is 11.4 Å². The molecule has 1 fully saturated rings. The maximum atomic E-state index is 11.6. The molecule has 0 spiro atoms. The lowest BCUT2D eigenvalue weighted by Crippen LogP contribution is -2.35. The van der Waals surface area contributed by atoms with Gasteiger partial charge in [0, 0.05) is 18.7 Å². The van der Waals surface area contributed by atoms with Crippen molar-refractivity contribution in [2.45, 2.75) is 25.9 Å². The molecule has 0 bridgehead atoms. The van der Waals surface area contributed by atoms with Gasteiger partial charge in [0.15, 0.2) is 0 Å². The third kappa shape index (κ3) is 2.18. The van der Waals surface area contributed by atoms with Gasteiger partial charge in [0.05, 0.1) is 6.61 Å². The van der Waals surface area contributed by atoms with Gasteiger partial charge in [-0.25, -0.2) is 0 Å². The molecule has 1 saturated heterocycles. The monoisotopic (exact) mass is 205 g/mol. The number of amides is 1. The van der Waals surface area contributed by atoms with Gasteiger partial charge in [-0.1, -0.05) is 12.1 Å². The Morgan fingerprint density at radius 1 is 1.20 bits per heavy atom. The van der Waals surface area contributed by atoms with Crippen molar-refractivity contribution in [2.24, 2.45) is 0 Å². The largest absolute Gasteiger partial charge is 0.392 e. The molecule has 3 heteroatoms. The SMILES string of the molecule is O=C1CCCCN1c1ccc(CO)cc1. The van der Waals surface area contributed by atoms with Crippen molar-refractivity contribution < 1.29 is 9.90 Å². The summed E-state index contributed by atoms with van der Waals surface area (Å²) in [5.41, 5.74) is 1.82. The molecule has 0 radical (unpaired) electrons. The van der Waals surface area contributed by atoms with Crippen molar-refractivity contribution in [3.8, 4) is 0 Å². The fraction of sp³-hybridized carbons (Fsp3) is 0.417. The van der Waals surface area contributed by atoms with Crippen LogP contribution in [0.5, 0.6) is 0 Å². The standard InChI is InChI=1S/C12H15NO2/c14-9-10-4-6-11(7-5-10)13-8-2-1-3-12(13)15/h4-7,14H,1-3,8-9H2. The highest BCUT2D eigenvalue weighted by atomic mass is 16.3. The van der Waals surface area contributed by atoms with Crippen molar-refractivity contribution in [3.05, 3.63) is 29.8 Å². The number of nitrogens with zero attached hydrogens (tertiary/aromatic N) is 1. The topological polar surface area (TPSA) is 40.5 Å². The van der Waals surface area contributed by atoms with Crippen LogP contribution in [0.15, 0.2) is 24.3 Å². The van der Waals surface area contributed by atoms with E-state index in [1.54, 1.807) is 0 Å². The van der Waals surface area contributed by atoms with Crippen LogP contribution in [-0.4, -0.2) is 17.6 Å². The minimum absolute atomic E-state index is 0.0498. The minimum atomic E-state index is 0.0498. The van der Waals surface area contributed by atoms with E-state index in [2.05, 4.69) is 0 Å². The number of piperidine rings is 1. The molecule has 1 aromatic carbocycles. The van der Waals surface area contributed by atoms with Crippen molar-refractivity contribution >= 4 is 11.6 Å². The molecule has 1 heterocycles. The summed E-state index contributed by atoms with van der Waals surface area (Å²) in [6.45, 7) is 0.867. The molecule has 80 valence electrons. The summed E-state index contributed by atoms with van der Waals surface area (Å²) >= 11 is 0. The molecule has 0 aliphatic carbocycles. The highest BCUT2D eigenvalue weighted by Gasteiger charge is 2.18. The maximum absolute atomic E-state index is 11.6. The first kappa shape index (κ1) is 10.2. The van der Waals surface area contributed by atoms with Crippen LogP contribution in [0.3, 0.4) is 0 Å². The van der Waals surface area contributed by atoms with Gasteiger partial charge in [-0.15, -0.1) is 0 Å². The van der Waals surface area contributed by atoms with E-state index in [0.29, 0.717) is 6.42 Å². The highest BCUT2D eigenvalue weighted by Crippen LogP contribution is 2.21.